The minimum absolute atomic E-state index is 0.0863. The minimum atomic E-state index is -0.976. The van der Waals surface area contributed by atoms with Crippen LogP contribution < -0.4 is 10.3 Å². The first-order valence-electron chi connectivity index (χ1n) is 12.6. The summed E-state index contributed by atoms with van der Waals surface area (Å²) >= 11 is 6.70. The van der Waals surface area contributed by atoms with Crippen LogP contribution in [0, 0.1) is 17.9 Å². The molecule has 40 heavy (non-hydrogen) atoms. The Labute approximate surface area is 235 Å². The number of anilines is 2. The van der Waals surface area contributed by atoms with Gasteiger partial charge in [0.05, 0.1) is 21.7 Å². The fourth-order valence-corrected chi connectivity index (χ4v) is 6.01. The number of carboxylic acid groups (broad SMARTS) is 1. The molecule has 0 aromatic heterocycles. The lowest BCUT2D eigenvalue weighted by Crippen LogP contribution is -2.21. The maximum Gasteiger partial charge on any atom is 0.335 e. The van der Waals surface area contributed by atoms with E-state index >= 15 is 0 Å². The summed E-state index contributed by atoms with van der Waals surface area (Å²) in [5.74, 6) is -1.18. The Morgan fingerprint density at radius 2 is 1.70 bits per heavy atom. The summed E-state index contributed by atoms with van der Waals surface area (Å²) in [5, 5.41) is 24.9. The highest BCUT2D eigenvalue weighted by Gasteiger charge is 2.65. The van der Waals surface area contributed by atoms with Crippen LogP contribution in [0.15, 0.2) is 84.1 Å². The van der Waals surface area contributed by atoms with Crippen molar-refractivity contribution in [2.24, 2.45) is 5.22 Å². The first kappa shape index (κ1) is 25.5. The maximum absolute atomic E-state index is 13.2. The summed E-state index contributed by atoms with van der Waals surface area (Å²) < 4.78 is 0. The van der Waals surface area contributed by atoms with Gasteiger partial charge >= 0.3 is 5.97 Å². The number of aryl methyl sites for hydroxylation is 1. The van der Waals surface area contributed by atoms with Crippen molar-refractivity contribution < 1.29 is 14.7 Å². The van der Waals surface area contributed by atoms with Crippen molar-refractivity contribution in [3.8, 4) is 22.3 Å². The molecular weight excluding hydrogens is 526 g/mol. The average molecular weight is 550 g/mol. The summed E-state index contributed by atoms with van der Waals surface area (Å²) in [6.45, 7) is 1.77. The second kappa shape index (κ2) is 9.43. The molecule has 8 nitrogen and oxygen atoms in total. The van der Waals surface area contributed by atoms with E-state index in [1.54, 1.807) is 37.3 Å². The van der Waals surface area contributed by atoms with Gasteiger partial charge in [-0.25, -0.2) is 9.80 Å². The fourth-order valence-electron chi connectivity index (χ4n) is 5.73. The quantitative estimate of drug-likeness (QED) is 0.0826. The van der Waals surface area contributed by atoms with E-state index in [-0.39, 0.29) is 17.4 Å². The van der Waals surface area contributed by atoms with Crippen LogP contribution >= 0.6 is 11.6 Å². The van der Waals surface area contributed by atoms with Crippen molar-refractivity contribution in [3.05, 3.63) is 106 Å². The molecule has 6 rings (SSSR count). The smallest absolute Gasteiger partial charge is 0.335 e. The van der Waals surface area contributed by atoms with Crippen LogP contribution in [-0.2, 0) is 10.2 Å². The Morgan fingerprint density at radius 1 is 1.05 bits per heavy atom. The van der Waals surface area contributed by atoms with Gasteiger partial charge < -0.3 is 10.4 Å². The number of amides is 1. The van der Waals surface area contributed by atoms with Crippen LogP contribution in [0.1, 0.15) is 39.4 Å². The van der Waals surface area contributed by atoms with Crippen LogP contribution in [0.2, 0.25) is 5.02 Å². The SMILES string of the molecule is Cc1ccc(C2CC23C(=O)Nc2cc(Cl)c(-c4ccc(-c5ccc(N(C=N)N=N)cc5)cc4)cc23)cc1C(=O)O. The van der Waals surface area contributed by atoms with Crippen LogP contribution in [-0.4, -0.2) is 23.3 Å². The third-order valence-electron chi connectivity index (χ3n) is 7.99. The number of fused-ring (bicyclic) bond motifs is 2. The van der Waals surface area contributed by atoms with Gasteiger partial charge in [-0.1, -0.05) is 65.4 Å². The molecule has 2 unspecified atom stereocenters. The largest absolute Gasteiger partial charge is 0.478 e. The fraction of sp³-hybridized carbons (Fsp3) is 0.129. The molecule has 4 N–H and O–H groups in total. The molecule has 1 heterocycles. The predicted octanol–water partition coefficient (Wildman–Crippen LogP) is 7.42. The van der Waals surface area contributed by atoms with Gasteiger partial charge in [-0.2, -0.15) is 5.53 Å². The number of benzene rings is 4. The lowest BCUT2D eigenvalue weighted by molar-refractivity contribution is -0.118. The molecule has 9 heteroatoms. The Bertz CT molecular complexity index is 1710. The zero-order valence-corrected chi connectivity index (χ0v) is 22.2. The molecule has 1 aliphatic carbocycles. The van der Waals surface area contributed by atoms with Crippen molar-refractivity contribution in [1.82, 2.24) is 0 Å². The van der Waals surface area contributed by atoms with Gasteiger partial charge in [-0.05, 0) is 77.1 Å². The van der Waals surface area contributed by atoms with Gasteiger partial charge in [0, 0.05) is 17.2 Å². The van der Waals surface area contributed by atoms with Gasteiger partial charge in [0.15, 0.2) is 0 Å². The molecule has 1 amide bonds. The monoisotopic (exact) mass is 549 g/mol. The third-order valence-corrected chi connectivity index (χ3v) is 8.30. The molecule has 0 radical (unpaired) electrons. The molecule has 198 valence electrons. The highest BCUT2D eigenvalue weighted by molar-refractivity contribution is 6.34. The van der Waals surface area contributed by atoms with Crippen molar-refractivity contribution in [2.45, 2.75) is 24.7 Å². The van der Waals surface area contributed by atoms with Crippen molar-refractivity contribution in [3.63, 3.8) is 0 Å². The molecule has 1 fully saturated rings. The first-order chi connectivity index (χ1) is 19.3. The second-order valence-corrected chi connectivity index (χ2v) is 10.5. The third kappa shape index (κ3) is 3.96. The van der Waals surface area contributed by atoms with Crippen LogP contribution in [0.4, 0.5) is 11.4 Å². The number of carbonyl (C=O) groups excluding carboxylic acids is 1. The molecule has 1 saturated carbocycles. The molecular formula is C31H24ClN5O3. The number of rotatable bonds is 7. The van der Waals surface area contributed by atoms with Gasteiger partial charge in [0.1, 0.15) is 6.34 Å². The van der Waals surface area contributed by atoms with E-state index in [1.165, 1.54) is 0 Å². The van der Waals surface area contributed by atoms with Crippen LogP contribution in [0.25, 0.3) is 22.3 Å². The molecule has 0 saturated heterocycles. The standard InChI is InChI=1S/C31H24ClN5O3/c1-17-2-3-21(12-23(17)29(38)39)26-15-31(26)25-13-24(27(32)14-28(25)35-30(31)40)20-6-4-18(5-7-20)19-8-10-22(11-9-19)37(16-33)36-34/h2-14,16,26,33-34H,15H2,1H3,(H,35,40)(H,38,39). The molecule has 1 spiro atoms. The maximum atomic E-state index is 13.2. The van der Waals surface area contributed by atoms with E-state index in [2.05, 4.69) is 10.5 Å². The number of hydrogen-bond donors (Lipinski definition) is 4. The zero-order valence-electron chi connectivity index (χ0n) is 21.4. The van der Waals surface area contributed by atoms with Crippen molar-refractivity contribution >= 4 is 41.2 Å². The van der Waals surface area contributed by atoms with Gasteiger partial charge in [-0.3, -0.25) is 10.2 Å². The number of carbonyl (C=O) groups is 2. The number of halogens is 1. The van der Waals surface area contributed by atoms with Crippen LogP contribution in [0.5, 0.6) is 0 Å². The van der Waals surface area contributed by atoms with E-state index in [0.29, 0.717) is 28.4 Å². The molecule has 4 aromatic rings. The van der Waals surface area contributed by atoms with Gasteiger partial charge in [-0.15, -0.1) is 0 Å². The number of carboxylic acids is 1. The number of aromatic carboxylic acids is 1. The van der Waals surface area contributed by atoms with E-state index in [4.69, 9.17) is 22.5 Å². The normalized spacial score (nSPS) is 18.6. The Morgan fingerprint density at radius 3 is 2.33 bits per heavy atom. The van der Waals surface area contributed by atoms with Gasteiger partial charge in [0.2, 0.25) is 5.91 Å². The Kier molecular flexibility index (Phi) is 6.00. The summed E-state index contributed by atoms with van der Waals surface area (Å²) in [6, 6.07) is 24.6. The molecule has 4 aromatic carbocycles. The highest BCUT2D eigenvalue weighted by Crippen LogP contribution is 2.65. The summed E-state index contributed by atoms with van der Waals surface area (Å²) in [7, 11) is 0. The summed E-state index contributed by atoms with van der Waals surface area (Å²) in [4.78, 5) is 24.9. The van der Waals surface area contributed by atoms with Crippen molar-refractivity contribution in [1.29, 1.82) is 10.9 Å². The topological polar surface area (TPSA) is 130 Å². The molecule has 1 aliphatic heterocycles. The molecule has 2 aliphatic rings. The second-order valence-electron chi connectivity index (χ2n) is 10.1. The van der Waals surface area contributed by atoms with Crippen molar-refractivity contribution in [2.75, 3.05) is 10.3 Å². The zero-order chi connectivity index (χ0) is 28.2. The van der Waals surface area contributed by atoms with E-state index in [0.717, 1.165) is 44.7 Å². The Balaban J connectivity index is 1.32. The molecule has 2 atom stereocenters. The number of nitrogens with one attached hydrogen (secondary N) is 3. The minimum Gasteiger partial charge on any atom is -0.478 e. The average Bonchev–Trinajstić information content (AvgIpc) is 3.65. The lowest BCUT2D eigenvalue weighted by Gasteiger charge is -2.14. The molecule has 0 bridgehead atoms. The Hall–Kier alpha value is -4.82. The lowest BCUT2D eigenvalue weighted by atomic mass is 9.89. The predicted molar refractivity (Wildman–Crippen MR) is 155 cm³/mol. The van der Waals surface area contributed by atoms with Gasteiger partial charge in [0.25, 0.3) is 0 Å². The first-order valence-corrected chi connectivity index (χ1v) is 13.0. The van der Waals surface area contributed by atoms with E-state index in [1.807, 2.05) is 48.5 Å². The van der Waals surface area contributed by atoms with E-state index < -0.39 is 11.4 Å². The van der Waals surface area contributed by atoms with E-state index in [9.17, 15) is 14.7 Å². The number of nitrogens with zero attached hydrogens (tertiary/aromatic N) is 2. The number of hydrogen-bond acceptors (Lipinski definition) is 5. The highest BCUT2D eigenvalue weighted by atomic mass is 35.5. The summed E-state index contributed by atoms with van der Waals surface area (Å²) in [5.41, 5.74) is 14.1. The summed E-state index contributed by atoms with van der Waals surface area (Å²) in [6.07, 6.45) is 1.58. The van der Waals surface area contributed by atoms with Crippen LogP contribution in [0.3, 0.4) is 0 Å².